The van der Waals surface area contributed by atoms with Gasteiger partial charge < -0.3 is 14.8 Å². The first-order chi connectivity index (χ1) is 11.8. The van der Waals surface area contributed by atoms with E-state index >= 15 is 0 Å². The Bertz CT molecular complexity index is 622. The van der Waals surface area contributed by atoms with Gasteiger partial charge in [-0.25, -0.2) is 0 Å². The number of piperidine rings is 1. The molecule has 1 saturated heterocycles. The van der Waals surface area contributed by atoms with Crippen LogP contribution in [0.15, 0.2) is 60.7 Å². The minimum absolute atomic E-state index is 0.142. The molecule has 3 rings (SSSR count). The molecular weight excluding hydrogens is 302 g/mol. The molecule has 2 unspecified atom stereocenters. The van der Waals surface area contributed by atoms with E-state index in [1.54, 1.807) is 0 Å². The number of rotatable bonds is 6. The first-order valence-corrected chi connectivity index (χ1v) is 8.41. The highest BCUT2D eigenvalue weighted by atomic mass is 16.5. The van der Waals surface area contributed by atoms with E-state index in [1.165, 1.54) is 5.56 Å². The quantitative estimate of drug-likeness (QED) is 0.829. The molecule has 1 heterocycles. The number of carbonyl (C=O) groups excluding carboxylic acids is 1. The normalized spacial score (nSPS) is 20.5. The first kappa shape index (κ1) is 16.7. The summed E-state index contributed by atoms with van der Waals surface area (Å²) < 4.78 is 11.3. The average Bonchev–Trinajstić information content (AvgIpc) is 2.66. The molecule has 2 aromatic carbocycles. The van der Waals surface area contributed by atoms with Gasteiger partial charge in [-0.2, -0.15) is 0 Å². The van der Waals surface area contributed by atoms with E-state index in [4.69, 9.17) is 9.47 Å². The molecule has 1 aliphatic rings. The van der Waals surface area contributed by atoms with Crippen molar-refractivity contribution in [3.8, 4) is 0 Å². The van der Waals surface area contributed by atoms with Crippen LogP contribution in [-0.2, 0) is 27.5 Å². The summed E-state index contributed by atoms with van der Waals surface area (Å²) in [4.78, 5) is 12.1. The largest absolute Gasteiger partial charge is 0.460 e. The summed E-state index contributed by atoms with van der Waals surface area (Å²) >= 11 is 0. The molecule has 2 aromatic rings. The van der Waals surface area contributed by atoms with Gasteiger partial charge >= 0.3 is 5.97 Å². The fourth-order valence-corrected chi connectivity index (χ4v) is 2.79. The van der Waals surface area contributed by atoms with Gasteiger partial charge in [-0.15, -0.1) is 0 Å². The topological polar surface area (TPSA) is 47.6 Å². The highest BCUT2D eigenvalue weighted by molar-refractivity contribution is 5.75. The van der Waals surface area contributed by atoms with E-state index < -0.39 is 0 Å². The molecular formula is C20H23NO3. The lowest BCUT2D eigenvalue weighted by Gasteiger charge is -2.28. The Morgan fingerprint density at radius 3 is 2.12 bits per heavy atom. The van der Waals surface area contributed by atoms with Crippen LogP contribution in [0.25, 0.3) is 0 Å². The number of esters is 1. The van der Waals surface area contributed by atoms with Gasteiger partial charge in [0.1, 0.15) is 12.6 Å². The average molecular weight is 325 g/mol. The molecule has 2 atom stereocenters. The van der Waals surface area contributed by atoms with E-state index in [0.717, 1.165) is 18.4 Å². The molecule has 0 spiro atoms. The van der Waals surface area contributed by atoms with Gasteiger partial charge in [0.25, 0.3) is 0 Å². The molecule has 126 valence electrons. The second-order valence-corrected chi connectivity index (χ2v) is 6.05. The lowest BCUT2D eigenvalue weighted by atomic mass is 10.0. The molecule has 0 radical (unpaired) electrons. The molecule has 0 bridgehead atoms. The van der Waals surface area contributed by atoms with Crippen LogP contribution in [-0.4, -0.2) is 24.7 Å². The Morgan fingerprint density at radius 1 is 0.917 bits per heavy atom. The van der Waals surface area contributed by atoms with E-state index in [0.29, 0.717) is 19.8 Å². The minimum atomic E-state index is -0.231. The van der Waals surface area contributed by atoms with Gasteiger partial charge in [0.2, 0.25) is 0 Å². The summed E-state index contributed by atoms with van der Waals surface area (Å²) in [5.41, 5.74) is 2.17. The zero-order chi connectivity index (χ0) is 16.6. The second kappa shape index (κ2) is 8.62. The molecule has 4 nitrogen and oxygen atoms in total. The van der Waals surface area contributed by atoms with Crippen LogP contribution >= 0.6 is 0 Å². The Kier molecular flexibility index (Phi) is 5.99. The van der Waals surface area contributed by atoms with Crippen molar-refractivity contribution in [3.63, 3.8) is 0 Å². The van der Waals surface area contributed by atoms with E-state index in [2.05, 4.69) is 17.4 Å². The van der Waals surface area contributed by atoms with Gasteiger partial charge in [-0.3, -0.25) is 4.79 Å². The predicted molar refractivity (Wildman–Crippen MR) is 92.3 cm³/mol. The third-order valence-corrected chi connectivity index (χ3v) is 4.21. The molecule has 1 aliphatic heterocycles. The maximum Gasteiger partial charge on any atom is 0.323 e. The summed E-state index contributed by atoms with van der Waals surface area (Å²) in [7, 11) is 0. The summed E-state index contributed by atoms with van der Waals surface area (Å²) in [6.07, 6.45) is 1.75. The summed E-state index contributed by atoms with van der Waals surface area (Å²) in [6, 6.07) is 19.6. The van der Waals surface area contributed by atoms with E-state index in [9.17, 15) is 4.79 Å². The molecule has 0 saturated carbocycles. The van der Waals surface area contributed by atoms with Crippen LogP contribution in [0, 0.1) is 0 Å². The highest BCUT2D eigenvalue weighted by Gasteiger charge is 2.27. The monoisotopic (exact) mass is 325 g/mol. The van der Waals surface area contributed by atoms with E-state index in [1.807, 2.05) is 48.5 Å². The number of benzene rings is 2. The smallest absolute Gasteiger partial charge is 0.323 e. The van der Waals surface area contributed by atoms with Crippen LogP contribution in [0.2, 0.25) is 0 Å². The van der Waals surface area contributed by atoms with Gasteiger partial charge in [0.15, 0.2) is 0 Å². The van der Waals surface area contributed by atoms with Crippen LogP contribution < -0.4 is 5.32 Å². The van der Waals surface area contributed by atoms with Crippen molar-refractivity contribution >= 4 is 5.97 Å². The summed E-state index contributed by atoms with van der Waals surface area (Å²) in [5.74, 6) is -0.180. The maximum atomic E-state index is 12.1. The number of nitrogens with one attached hydrogen (secondary N) is 1. The fraction of sp³-hybridized carbons (Fsp3) is 0.350. The van der Waals surface area contributed by atoms with Crippen LogP contribution in [0.5, 0.6) is 0 Å². The molecule has 0 aromatic heterocycles. The molecule has 0 aliphatic carbocycles. The van der Waals surface area contributed by atoms with Gasteiger partial charge in [-0.1, -0.05) is 60.7 Å². The first-order valence-electron chi connectivity index (χ1n) is 8.41. The molecule has 0 amide bonds. The zero-order valence-corrected chi connectivity index (χ0v) is 13.7. The van der Waals surface area contributed by atoms with Crippen molar-refractivity contribution in [2.24, 2.45) is 0 Å². The van der Waals surface area contributed by atoms with Crippen molar-refractivity contribution in [3.05, 3.63) is 71.8 Å². The Morgan fingerprint density at radius 2 is 1.54 bits per heavy atom. The standard InChI is InChI=1S/C20H23NO3/c22-20(24-15-17-9-5-2-6-10-17)19-12-11-18(13-21-19)23-14-16-7-3-1-4-8-16/h1-10,18-19,21H,11-15H2. The lowest BCUT2D eigenvalue weighted by molar-refractivity contribution is -0.149. The SMILES string of the molecule is O=C(OCc1ccccc1)C1CCC(OCc2ccccc2)CN1. The minimum Gasteiger partial charge on any atom is -0.460 e. The summed E-state index contributed by atoms with van der Waals surface area (Å²) in [5, 5.41) is 3.24. The zero-order valence-electron chi connectivity index (χ0n) is 13.7. The molecule has 1 N–H and O–H groups in total. The third kappa shape index (κ3) is 4.91. The van der Waals surface area contributed by atoms with Crippen molar-refractivity contribution in [1.29, 1.82) is 0 Å². The number of hydrogen-bond donors (Lipinski definition) is 1. The van der Waals surface area contributed by atoms with E-state index in [-0.39, 0.29) is 18.1 Å². The summed E-state index contributed by atoms with van der Waals surface area (Å²) in [6.45, 7) is 1.61. The number of ether oxygens (including phenoxy) is 2. The van der Waals surface area contributed by atoms with Gasteiger partial charge in [-0.05, 0) is 24.0 Å². The predicted octanol–water partition coefficient (Wildman–Crippen LogP) is 3.07. The van der Waals surface area contributed by atoms with Crippen molar-refractivity contribution in [1.82, 2.24) is 5.32 Å². The Balaban J connectivity index is 1.37. The van der Waals surface area contributed by atoms with Crippen molar-refractivity contribution < 1.29 is 14.3 Å². The maximum absolute atomic E-state index is 12.1. The van der Waals surface area contributed by atoms with Gasteiger partial charge in [0, 0.05) is 6.54 Å². The van der Waals surface area contributed by atoms with Crippen LogP contribution in [0.1, 0.15) is 24.0 Å². The van der Waals surface area contributed by atoms with Crippen molar-refractivity contribution in [2.45, 2.75) is 38.2 Å². The highest BCUT2D eigenvalue weighted by Crippen LogP contribution is 2.15. The number of hydrogen-bond acceptors (Lipinski definition) is 4. The second-order valence-electron chi connectivity index (χ2n) is 6.05. The Labute approximate surface area is 142 Å². The molecule has 1 fully saturated rings. The van der Waals surface area contributed by atoms with Crippen molar-refractivity contribution in [2.75, 3.05) is 6.54 Å². The number of carbonyl (C=O) groups is 1. The van der Waals surface area contributed by atoms with Crippen LogP contribution in [0.4, 0.5) is 0 Å². The fourth-order valence-electron chi connectivity index (χ4n) is 2.79. The third-order valence-electron chi connectivity index (χ3n) is 4.21. The van der Waals surface area contributed by atoms with Gasteiger partial charge in [0.05, 0.1) is 12.7 Å². The molecule has 24 heavy (non-hydrogen) atoms. The molecule has 4 heteroatoms. The Hall–Kier alpha value is -2.17. The van der Waals surface area contributed by atoms with Crippen LogP contribution in [0.3, 0.4) is 0 Å². The lowest BCUT2D eigenvalue weighted by Crippen LogP contribution is -2.47.